The second kappa shape index (κ2) is 9.76. The highest BCUT2D eigenvalue weighted by molar-refractivity contribution is 7.12. The van der Waals surface area contributed by atoms with E-state index in [0.717, 1.165) is 0 Å². The molecule has 0 atom stereocenters. The number of nitrogens with zero attached hydrogens (tertiary/aromatic N) is 2. The van der Waals surface area contributed by atoms with Crippen LogP contribution in [0.1, 0.15) is 30.4 Å². The van der Waals surface area contributed by atoms with Crippen LogP contribution >= 0.6 is 11.3 Å². The van der Waals surface area contributed by atoms with Crippen LogP contribution in [0.5, 0.6) is 0 Å². The van der Waals surface area contributed by atoms with Crippen molar-refractivity contribution in [3.05, 3.63) is 82.0 Å². The number of para-hydroxylation sites is 1. The maximum absolute atomic E-state index is 13.1. The number of hydrogen-bond donors (Lipinski definition) is 1. The number of carbonyl (C=O) groups is 3. The summed E-state index contributed by atoms with van der Waals surface area (Å²) in [5.74, 6) is -0.633. The van der Waals surface area contributed by atoms with E-state index in [0.29, 0.717) is 53.7 Å². The van der Waals surface area contributed by atoms with Gasteiger partial charge in [0.25, 0.3) is 17.7 Å². The Labute approximate surface area is 190 Å². The van der Waals surface area contributed by atoms with Gasteiger partial charge in [0.2, 0.25) is 0 Å². The molecule has 3 aromatic rings. The number of rotatable bonds is 5. The fraction of sp³-hybridized carbons (Fsp3) is 0.208. The first kappa shape index (κ1) is 21.7. The Morgan fingerprint density at radius 3 is 2.53 bits per heavy atom. The lowest BCUT2D eigenvalue weighted by molar-refractivity contribution is 0.0303. The first-order valence-corrected chi connectivity index (χ1v) is 11.1. The Bertz CT molecular complexity index is 1120. The molecule has 0 radical (unpaired) electrons. The lowest BCUT2D eigenvalue weighted by Gasteiger charge is -2.27. The number of morpholine rings is 1. The van der Waals surface area contributed by atoms with E-state index in [1.54, 1.807) is 66.5 Å². The Morgan fingerprint density at radius 1 is 1.00 bits per heavy atom. The van der Waals surface area contributed by atoms with Crippen molar-refractivity contribution in [1.29, 1.82) is 0 Å². The summed E-state index contributed by atoms with van der Waals surface area (Å²) < 4.78 is 5.30. The molecular weight excluding hydrogens is 426 g/mol. The van der Waals surface area contributed by atoms with Crippen LogP contribution in [0, 0.1) is 0 Å². The molecule has 0 unspecified atom stereocenters. The van der Waals surface area contributed by atoms with Crippen LogP contribution in [-0.2, 0) is 4.74 Å². The minimum Gasteiger partial charge on any atom is -0.378 e. The van der Waals surface area contributed by atoms with Crippen molar-refractivity contribution in [1.82, 2.24) is 4.90 Å². The van der Waals surface area contributed by atoms with E-state index >= 15 is 0 Å². The molecule has 7 nitrogen and oxygen atoms in total. The topological polar surface area (TPSA) is 79.0 Å². The van der Waals surface area contributed by atoms with Gasteiger partial charge in [-0.1, -0.05) is 24.3 Å². The molecule has 3 amide bonds. The summed E-state index contributed by atoms with van der Waals surface area (Å²) in [5.41, 5.74) is 1.88. The number of thiophene rings is 1. The van der Waals surface area contributed by atoms with Gasteiger partial charge in [0.05, 0.1) is 29.3 Å². The maximum atomic E-state index is 13.1. The van der Waals surface area contributed by atoms with Gasteiger partial charge in [-0.3, -0.25) is 14.4 Å². The zero-order chi connectivity index (χ0) is 22.5. The van der Waals surface area contributed by atoms with Crippen LogP contribution in [0.15, 0.2) is 66.0 Å². The van der Waals surface area contributed by atoms with E-state index in [1.165, 1.54) is 16.2 Å². The minimum absolute atomic E-state index is 0.0916. The van der Waals surface area contributed by atoms with Crippen LogP contribution in [0.25, 0.3) is 0 Å². The molecule has 2 aromatic carbocycles. The van der Waals surface area contributed by atoms with Crippen molar-refractivity contribution in [2.75, 3.05) is 43.6 Å². The number of nitrogens with one attached hydrogen (secondary N) is 1. The van der Waals surface area contributed by atoms with Gasteiger partial charge in [-0.05, 0) is 41.8 Å². The van der Waals surface area contributed by atoms with E-state index in [2.05, 4.69) is 5.32 Å². The van der Waals surface area contributed by atoms with Gasteiger partial charge < -0.3 is 19.9 Å². The molecule has 32 heavy (non-hydrogen) atoms. The van der Waals surface area contributed by atoms with E-state index in [4.69, 9.17) is 4.74 Å². The second-order valence-corrected chi connectivity index (χ2v) is 8.25. The number of carbonyl (C=O) groups excluding carboxylic acids is 3. The van der Waals surface area contributed by atoms with Gasteiger partial charge in [0, 0.05) is 31.4 Å². The number of amides is 3. The van der Waals surface area contributed by atoms with Crippen molar-refractivity contribution in [2.45, 2.75) is 0 Å². The summed E-state index contributed by atoms with van der Waals surface area (Å²) in [7, 11) is 1.65. The first-order valence-electron chi connectivity index (χ1n) is 10.2. The summed E-state index contributed by atoms with van der Waals surface area (Å²) in [6.07, 6.45) is 0. The number of ether oxygens (including phenoxy) is 1. The molecule has 0 saturated carbocycles. The van der Waals surface area contributed by atoms with Crippen molar-refractivity contribution in [2.24, 2.45) is 0 Å². The minimum atomic E-state index is -0.359. The highest BCUT2D eigenvalue weighted by Gasteiger charge is 2.21. The molecule has 8 heteroatoms. The van der Waals surface area contributed by atoms with Gasteiger partial charge in [-0.15, -0.1) is 11.3 Å². The van der Waals surface area contributed by atoms with E-state index < -0.39 is 0 Å². The average Bonchev–Trinajstić information content (AvgIpc) is 3.38. The zero-order valence-corrected chi connectivity index (χ0v) is 18.4. The lowest BCUT2D eigenvalue weighted by atomic mass is 10.1. The first-order chi connectivity index (χ1) is 15.5. The Hall–Kier alpha value is -3.49. The van der Waals surface area contributed by atoms with Crippen molar-refractivity contribution >= 4 is 40.4 Å². The highest BCUT2D eigenvalue weighted by Crippen LogP contribution is 2.24. The van der Waals surface area contributed by atoms with E-state index in [-0.39, 0.29) is 17.7 Å². The normalized spacial score (nSPS) is 13.5. The molecule has 1 saturated heterocycles. The predicted octanol–water partition coefficient (Wildman–Crippen LogP) is 3.75. The molecule has 4 rings (SSSR count). The van der Waals surface area contributed by atoms with Crippen molar-refractivity contribution in [3.63, 3.8) is 0 Å². The Morgan fingerprint density at radius 2 is 1.78 bits per heavy atom. The number of anilines is 2. The third-order valence-corrected chi connectivity index (χ3v) is 6.07. The summed E-state index contributed by atoms with van der Waals surface area (Å²) in [5, 5.41) is 4.69. The van der Waals surface area contributed by atoms with Gasteiger partial charge in [0.15, 0.2) is 0 Å². The lowest BCUT2D eigenvalue weighted by Crippen LogP contribution is -2.40. The monoisotopic (exact) mass is 449 g/mol. The molecule has 1 N–H and O–H groups in total. The van der Waals surface area contributed by atoms with Crippen LogP contribution in [0.3, 0.4) is 0 Å². The molecule has 0 spiro atoms. The molecule has 2 heterocycles. The third kappa shape index (κ3) is 4.71. The second-order valence-electron chi connectivity index (χ2n) is 7.30. The smallest absolute Gasteiger partial charge is 0.268 e. The molecule has 1 aromatic heterocycles. The third-order valence-electron chi connectivity index (χ3n) is 5.21. The number of benzene rings is 2. The van der Waals surface area contributed by atoms with Crippen LogP contribution in [0.4, 0.5) is 11.4 Å². The summed E-state index contributed by atoms with van der Waals surface area (Å²) in [6, 6.07) is 17.4. The number of hydrogen-bond acceptors (Lipinski definition) is 5. The predicted molar refractivity (Wildman–Crippen MR) is 125 cm³/mol. The SMILES string of the molecule is CN(C(=O)c1cccs1)c1ccccc1C(=O)Nc1cccc(C(=O)N2CCOCC2)c1. The Balaban J connectivity index is 1.52. The average molecular weight is 450 g/mol. The highest BCUT2D eigenvalue weighted by atomic mass is 32.1. The van der Waals surface area contributed by atoms with Crippen molar-refractivity contribution < 1.29 is 19.1 Å². The molecular formula is C24H23N3O4S. The quantitative estimate of drug-likeness (QED) is 0.644. The molecule has 164 valence electrons. The summed E-state index contributed by atoms with van der Waals surface area (Å²) >= 11 is 1.35. The molecule has 1 aliphatic rings. The van der Waals surface area contributed by atoms with Gasteiger partial charge in [-0.2, -0.15) is 0 Å². The van der Waals surface area contributed by atoms with Gasteiger partial charge in [-0.25, -0.2) is 0 Å². The fourth-order valence-electron chi connectivity index (χ4n) is 3.51. The fourth-order valence-corrected chi connectivity index (χ4v) is 4.21. The standard InChI is InChI=1S/C24H23N3O4S/c1-26(24(30)21-10-5-15-32-21)20-9-3-2-8-19(20)22(28)25-18-7-4-6-17(16-18)23(29)27-11-13-31-14-12-27/h2-10,15-16H,11-14H2,1H3,(H,25,28). The summed E-state index contributed by atoms with van der Waals surface area (Å²) in [6.45, 7) is 2.15. The molecule has 0 bridgehead atoms. The van der Waals surface area contributed by atoms with Crippen LogP contribution in [-0.4, -0.2) is 56.0 Å². The molecule has 1 fully saturated rings. The molecule has 1 aliphatic heterocycles. The molecule has 0 aliphatic carbocycles. The van der Waals surface area contributed by atoms with Crippen LogP contribution in [0.2, 0.25) is 0 Å². The Kier molecular flexibility index (Phi) is 6.63. The van der Waals surface area contributed by atoms with Gasteiger partial charge >= 0.3 is 0 Å². The van der Waals surface area contributed by atoms with Crippen molar-refractivity contribution in [3.8, 4) is 0 Å². The van der Waals surface area contributed by atoms with Crippen LogP contribution < -0.4 is 10.2 Å². The summed E-state index contributed by atoms with van der Waals surface area (Å²) in [4.78, 5) is 42.4. The van der Waals surface area contributed by atoms with E-state index in [9.17, 15) is 14.4 Å². The zero-order valence-electron chi connectivity index (χ0n) is 17.6. The maximum Gasteiger partial charge on any atom is 0.268 e. The van der Waals surface area contributed by atoms with E-state index in [1.807, 2.05) is 11.4 Å². The van der Waals surface area contributed by atoms with Gasteiger partial charge in [0.1, 0.15) is 0 Å². The largest absolute Gasteiger partial charge is 0.378 e.